The Morgan fingerprint density at radius 3 is 2.95 bits per heavy atom. The molecule has 19 heavy (non-hydrogen) atoms. The highest BCUT2D eigenvalue weighted by Gasteiger charge is 2.20. The second kappa shape index (κ2) is 6.12. The lowest BCUT2D eigenvalue weighted by atomic mass is 10.2. The molecular formula is C15H21ClN2O. The first-order chi connectivity index (χ1) is 9.33. The number of nitrogens with zero attached hydrogens (tertiary/aromatic N) is 1. The van der Waals surface area contributed by atoms with E-state index in [1.807, 2.05) is 0 Å². The Balaban J connectivity index is 1.66. The third-order valence-corrected chi connectivity index (χ3v) is 4.05. The number of nitrogens with one attached hydrogen (secondary N) is 1. The standard InChI is InChI=1S/C15H21ClN2O/c16-14-10-12(11-17-13-3-4-13)2-5-15(14)18-6-1-8-19-9-7-18/h2,5,10,13,17H,1,3-4,6-9,11H2. The molecular weight excluding hydrogens is 260 g/mol. The number of rotatable bonds is 4. The van der Waals surface area contributed by atoms with Crippen molar-refractivity contribution in [1.29, 1.82) is 0 Å². The summed E-state index contributed by atoms with van der Waals surface area (Å²) in [7, 11) is 0. The van der Waals surface area contributed by atoms with Crippen molar-refractivity contribution >= 4 is 17.3 Å². The summed E-state index contributed by atoms with van der Waals surface area (Å²) in [5, 5.41) is 4.38. The number of ether oxygens (including phenoxy) is 1. The lowest BCUT2D eigenvalue weighted by Gasteiger charge is -2.23. The molecule has 1 heterocycles. The zero-order valence-corrected chi connectivity index (χ0v) is 12.0. The topological polar surface area (TPSA) is 24.5 Å². The molecule has 1 saturated heterocycles. The monoisotopic (exact) mass is 280 g/mol. The van der Waals surface area contributed by atoms with E-state index >= 15 is 0 Å². The maximum absolute atomic E-state index is 6.44. The number of benzene rings is 1. The lowest BCUT2D eigenvalue weighted by Crippen LogP contribution is -2.26. The van der Waals surface area contributed by atoms with Crippen LogP contribution in [0.1, 0.15) is 24.8 Å². The van der Waals surface area contributed by atoms with Gasteiger partial charge in [0.05, 0.1) is 17.3 Å². The summed E-state index contributed by atoms with van der Waals surface area (Å²) in [5.74, 6) is 0. The first-order valence-electron chi connectivity index (χ1n) is 7.17. The molecule has 0 atom stereocenters. The first kappa shape index (κ1) is 13.2. The highest BCUT2D eigenvalue weighted by atomic mass is 35.5. The second-order valence-corrected chi connectivity index (χ2v) is 5.80. The van der Waals surface area contributed by atoms with Crippen LogP contribution in [0, 0.1) is 0 Å². The van der Waals surface area contributed by atoms with Crippen LogP contribution in [0.2, 0.25) is 5.02 Å². The van der Waals surface area contributed by atoms with Crippen molar-refractivity contribution in [2.45, 2.75) is 31.8 Å². The third-order valence-electron chi connectivity index (χ3n) is 3.75. The van der Waals surface area contributed by atoms with Crippen LogP contribution in [-0.4, -0.2) is 32.3 Å². The highest BCUT2D eigenvalue weighted by Crippen LogP contribution is 2.28. The van der Waals surface area contributed by atoms with E-state index in [4.69, 9.17) is 16.3 Å². The lowest BCUT2D eigenvalue weighted by molar-refractivity contribution is 0.152. The SMILES string of the molecule is Clc1cc(CNC2CC2)ccc1N1CCCOCC1. The summed E-state index contributed by atoms with van der Waals surface area (Å²) in [4.78, 5) is 2.33. The largest absolute Gasteiger partial charge is 0.380 e. The molecule has 0 unspecified atom stereocenters. The van der Waals surface area contributed by atoms with Crippen molar-refractivity contribution in [3.05, 3.63) is 28.8 Å². The summed E-state index contributed by atoms with van der Waals surface area (Å²) in [6, 6.07) is 7.17. The van der Waals surface area contributed by atoms with Crippen LogP contribution < -0.4 is 10.2 Å². The minimum Gasteiger partial charge on any atom is -0.380 e. The third kappa shape index (κ3) is 3.62. The summed E-state index contributed by atoms with van der Waals surface area (Å²) in [6.07, 6.45) is 3.71. The van der Waals surface area contributed by atoms with Crippen LogP contribution in [0.5, 0.6) is 0 Å². The summed E-state index contributed by atoms with van der Waals surface area (Å²) >= 11 is 6.44. The average molecular weight is 281 g/mol. The molecule has 1 aliphatic heterocycles. The zero-order valence-electron chi connectivity index (χ0n) is 11.2. The minimum atomic E-state index is 0.737. The second-order valence-electron chi connectivity index (χ2n) is 5.39. The number of halogens is 1. The normalized spacial score (nSPS) is 20.4. The van der Waals surface area contributed by atoms with Crippen LogP contribution in [0.25, 0.3) is 0 Å². The van der Waals surface area contributed by atoms with Crippen LogP contribution in [0.15, 0.2) is 18.2 Å². The predicted octanol–water partition coefficient (Wildman–Crippen LogP) is 2.82. The van der Waals surface area contributed by atoms with Crippen molar-refractivity contribution in [1.82, 2.24) is 5.32 Å². The maximum Gasteiger partial charge on any atom is 0.0642 e. The smallest absolute Gasteiger partial charge is 0.0642 e. The molecule has 1 aliphatic carbocycles. The van der Waals surface area contributed by atoms with Crippen LogP contribution >= 0.6 is 11.6 Å². The number of hydrogen-bond acceptors (Lipinski definition) is 3. The van der Waals surface area contributed by atoms with Gasteiger partial charge in [0.2, 0.25) is 0 Å². The van der Waals surface area contributed by atoms with E-state index in [1.54, 1.807) is 0 Å². The van der Waals surface area contributed by atoms with Gasteiger partial charge >= 0.3 is 0 Å². The zero-order chi connectivity index (χ0) is 13.1. The summed E-state index contributed by atoms with van der Waals surface area (Å²) in [6.45, 7) is 4.53. The van der Waals surface area contributed by atoms with E-state index in [9.17, 15) is 0 Å². The number of hydrogen-bond donors (Lipinski definition) is 1. The van der Waals surface area contributed by atoms with Gasteiger partial charge in [0.15, 0.2) is 0 Å². The van der Waals surface area contributed by atoms with E-state index in [2.05, 4.69) is 28.4 Å². The molecule has 0 aromatic heterocycles. The Kier molecular flexibility index (Phi) is 4.26. The van der Waals surface area contributed by atoms with E-state index in [0.717, 1.165) is 56.0 Å². The Morgan fingerprint density at radius 2 is 2.16 bits per heavy atom. The molecule has 0 radical (unpaired) electrons. The first-order valence-corrected chi connectivity index (χ1v) is 7.55. The van der Waals surface area contributed by atoms with Gasteiger partial charge in [0.25, 0.3) is 0 Å². The van der Waals surface area contributed by atoms with Gasteiger partial charge in [-0.2, -0.15) is 0 Å². The minimum absolute atomic E-state index is 0.737. The fourth-order valence-corrected chi connectivity index (χ4v) is 2.78. The Labute approximate surface area is 119 Å². The molecule has 1 N–H and O–H groups in total. The van der Waals surface area contributed by atoms with E-state index < -0.39 is 0 Å². The van der Waals surface area contributed by atoms with Gasteiger partial charge in [-0.3, -0.25) is 0 Å². The molecule has 2 aliphatic rings. The van der Waals surface area contributed by atoms with Gasteiger partial charge in [0.1, 0.15) is 0 Å². The van der Waals surface area contributed by atoms with E-state index in [0.29, 0.717) is 0 Å². The Morgan fingerprint density at radius 1 is 1.26 bits per heavy atom. The van der Waals surface area contributed by atoms with Gasteiger partial charge in [0, 0.05) is 32.3 Å². The van der Waals surface area contributed by atoms with Crippen molar-refractivity contribution < 1.29 is 4.74 Å². The quantitative estimate of drug-likeness (QED) is 0.918. The van der Waals surface area contributed by atoms with Crippen LogP contribution in [0.3, 0.4) is 0 Å². The average Bonchev–Trinajstić information content (AvgIpc) is 3.24. The number of anilines is 1. The van der Waals surface area contributed by atoms with Crippen molar-refractivity contribution in [3.63, 3.8) is 0 Å². The van der Waals surface area contributed by atoms with Gasteiger partial charge in [-0.15, -0.1) is 0 Å². The fraction of sp³-hybridized carbons (Fsp3) is 0.600. The highest BCUT2D eigenvalue weighted by molar-refractivity contribution is 6.33. The van der Waals surface area contributed by atoms with E-state index in [1.165, 1.54) is 18.4 Å². The molecule has 0 spiro atoms. The summed E-state index contributed by atoms with van der Waals surface area (Å²) < 4.78 is 5.49. The molecule has 3 nitrogen and oxygen atoms in total. The van der Waals surface area contributed by atoms with Gasteiger partial charge in [-0.25, -0.2) is 0 Å². The van der Waals surface area contributed by atoms with Crippen molar-refractivity contribution in [2.75, 3.05) is 31.2 Å². The Hall–Kier alpha value is -0.770. The maximum atomic E-state index is 6.44. The molecule has 4 heteroatoms. The molecule has 0 amide bonds. The molecule has 1 saturated carbocycles. The Bertz CT molecular complexity index is 426. The molecule has 2 fully saturated rings. The van der Waals surface area contributed by atoms with E-state index in [-0.39, 0.29) is 0 Å². The van der Waals surface area contributed by atoms with Crippen LogP contribution in [0.4, 0.5) is 5.69 Å². The predicted molar refractivity (Wildman–Crippen MR) is 79.0 cm³/mol. The van der Waals surface area contributed by atoms with Crippen molar-refractivity contribution in [3.8, 4) is 0 Å². The molecule has 3 rings (SSSR count). The van der Waals surface area contributed by atoms with Gasteiger partial charge < -0.3 is 15.0 Å². The molecule has 104 valence electrons. The molecule has 1 aromatic carbocycles. The molecule has 0 bridgehead atoms. The summed E-state index contributed by atoms with van der Waals surface area (Å²) in [5.41, 5.74) is 2.41. The molecule has 1 aromatic rings. The van der Waals surface area contributed by atoms with Crippen LogP contribution in [-0.2, 0) is 11.3 Å². The fourth-order valence-electron chi connectivity index (χ4n) is 2.45. The van der Waals surface area contributed by atoms with Crippen molar-refractivity contribution in [2.24, 2.45) is 0 Å². The van der Waals surface area contributed by atoms with Gasteiger partial charge in [-0.1, -0.05) is 17.7 Å². The van der Waals surface area contributed by atoms with Gasteiger partial charge in [-0.05, 0) is 37.0 Å².